The molecule has 2 aromatic rings. The maximum Gasteiger partial charge on any atom is 0.264 e. The van der Waals surface area contributed by atoms with Gasteiger partial charge in [-0.15, -0.1) is 0 Å². The highest BCUT2D eigenvalue weighted by molar-refractivity contribution is 9.10. The van der Waals surface area contributed by atoms with Gasteiger partial charge in [0.25, 0.3) is 10.0 Å². The SMILES string of the molecule is COc1cccc(NS(=O)(=O)c2cc(N)cc(Br)c2F)c1. The number of ether oxygens (including phenoxy) is 1. The molecule has 5 nitrogen and oxygen atoms in total. The Labute approximate surface area is 130 Å². The fourth-order valence-electron chi connectivity index (χ4n) is 1.68. The number of rotatable bonds is 4. The molecule has 0 aliphatic carbocycles. The highest BCUT2D eigenvalue weighted by Gasteiger charge is 2.22. The van der Waals surface area contributed by atoms with E-state index in [9.17, 15) is 12.8 Å². The van der Waals surface area contributed by atoms with Gasteiger partial charge in [-0.25, -0.2) is 12.8 Å². The van der Waals surface area contributed by atoms with Crippen LogP contribution in [0, 0.1) is 5.82 Å². The second kappa shape index (κ2) is 5.90. The minimum absolute atomic E-state index is 0.0199. The van der Waals surface area contributed by atoms with E-state index in [0.29, 0.717) is 5.75 Å². The number of benzene rings is 2. The van der Waals surface area contributed by atoms with Crippen LogP contribution in [0.5, 0.6) is 5.75 Å². The first-order valence-corrected chi connectivity index (χ1v) is 8.02. The Morgan fingerprint density at radius 3 is 2.67 bits per heavy atom. The molecule has 0 aliphatic heterocycles. The minimum Gasteiger partial charge on any atom is -0.497 e. The number of sulfonamides is 1. The molecule has 2 rings (SSSR count). The molecule has 0 saturated heterocycles. The summed E-state index contributed by atoms with van der Waals surface area (Å²) in [5.74, 6) is -0.427. The molecular formula is C13H12BrFN2O3S. The Balaban J connectivity index is 2.43. The van der Waals surface area contributed by atoms with Crippen molar-refractivity contribution < 1.29 is 17.5 Å². The lowest BCUT2D eigenvalue weighted by Crippen LogP contribution is -2.15. The van der Waals surface area contributed by atoms with Gasteiger partial charge in [-0.3, -0.25) is 4.72 Å². The highest BCUT2D eigenvalue weighted by atomic mass is 79.9. The summed E-state index contributed by atoms with van der Waals surface area (Å²) in [4.78, 5) is -0.530. The van der Waals surface area contributed by atoms with Crippen LogP contribution < -0.4 is 15.2 Å². The highest BCUT2D eigenvalue weighted by Crippen LogP contribution is 2.28. The molecule has 21 heavy (non-hydrogen) atoms. The molecule has 112 valence electrons. The maximum atomic E-state index is 14.0. The zero-order valence-electron chi connectivity index (χ0n) is 10.9. The van der Waals surface area contributed by atoms with Crippen molar-refractivity contribution in [3.8, 4) is 5.75 Å². The molecule has 0 fully saturated rings. The van der Waals surface area contributed by atoms with Crippen LogP contribution in [0.2, 0.25) is 0 Å². The second-order valence-corrected chi connectivity index (χ2v) is 6.66. The fourth-order valence-corrected chi connectivity index (χ4v) is 3.47. The van der Waals surface area contributed by atoms with E-state index in [0.717, 1.165) is 6.07 Å². The van der Waals surface area contributed by atoms with Gasteiger partial charge >= 0.3 is 0 Å². The molecule has 0 saturated carbocycles. The van der Waals surface area contributed by atoms with Crippen LogP contribution in [-0.4, -0.2) is 15.5 Å². The van der Waals surface area contributed by atoms with Crippen molar-refractivity contribution in [3.63, 3.8) is 0 Å². The molecule has 0 unspecified atom stereocenters. The summed E-state index contributed by atoms with van der Waals surface area (Å²) >= 11 is 2.93. The van der Waals surface area contributed by atoms with Gasteiger partial charge in [0.2, 0.25) is 0 Å². The molecule has 0 aromatic heterocycles. The largest absolute Gasteiger partial charge is 0.497 e. The first-order valence-electron chi connectivity index (χ1n) is 5.75. The average molecular weight is 375 g/mol. The van der Waals surface area contributed by atoms with Crippen LogP contribution >= 0.6 is 15.9 Å². The Hall–Kier alpha value is -1.80. The number of halogens is 2. The minimum atomic E-state index is -4.10. The molecule has 0 radical (unpaired) electrons. The second-order valence-electron chi connectivity index (χ2n) is 4.15. The lowest BCUT2D eigenvalue weighted by atomic mass is 10.3. The van der Waals surface area contributed by atoms with Gasteiger partial charge in [-0.2, -0.15) is 0 Å². The molecular weight excluding hydrogens is 363 g/mol. The van der Waals surface area contributed by atoms with Crippen LogP contribution in [0.25, 0.3) is 0 Å². The Morgan fingerprint density at radius 2 is 2.00 bits per heavy atom. The zero-order chi connectivity index (χ0) is 15.6. The van der Waals surface area contributed by atoms with Gasteiger partial charge in [-0.1, -0.05) is 6.07 Å². The van der Waals surface area contributed by atoms with E-state index in [1.807, 2.05) is 0 Å². The lowest BCUT2D eigenvalue weighted by Gasteiger charge is -2.11. The van der Waals surface area contributed by atoms with Crippen molar-refractivity contribution in [2.24, 2.45) is 0 Å². The zero-order valence-corrected chi connectivity index (χ0v) is 13.3. The van der Waals surface area contributed by atoms with Crippen LogP contribution in [0.4, 0.5) is 15.8 Å². The number of nitrogens with one attached hydrogen (secondary N) is 1. The summed E-state index contributed by atoms with van der Waals surface area (Å²) in [6, 6.07) is 8.64. The Kier molecular flexibility index (Phi) is 4.38. The van der Waals surface area contributed by atoms with E-state index in [2.05, 4.69) is 20.7 Å². The molecule has 0 amide bonds. The summed E-state index contributed by atoms with van der Waals surface area (Å²) < 4.78 is 45.8. The smallest absolute Gasteiger partial charge is 0.264 e. The molecule has 0 atom stereocenters. The Morgan fingerprint density at radius 1 is 1.29 bits per heavy atom. The molecule has 0 bridgehead atoms. The van der Waals surface area contributed by atoms with Crippen LogP contribution in [0.3, 0.4) is 0 Å². The van der Waals surface area contributed by atoms with Crippen molar-refractivity contribution in [3.05, 3.63) is 46.7 Å². The van der Waals surface area contributed by atoms with Gasteiger partial charge < -0.3 is 10.5 Å². The third kappa shape index (κ3) is 3.45. The fraction of sp³-hybridized carbons (Fsp3) is 0.0769. The van der Waals surface area contributed by atoms with E-state index < -0.39 is 20.7 Å². The van der Waals surface area contributed by atoms with Crippen molar-refractivity contribution >= 4 is 37.3 Å². The van der Waals surface area contributed by atoms with Gasteiger partial charge in [-0.05, 0) is 40.2 Å². The van der Waals surface area contributed by atoms with Crippen LogP contribution in [0.15, 0.2) is 45.8 Å². The number of hydrogen-bond acceptors (Lipinski definition) is 4. The topological polar surface area (TPSA) is 81.4 Å². The third-order valence-electron chi connectivity index (χ3n) is 2.63. The molecule has 0 aliphatic rings. The van der Waals surface area contributed by atoms with Gasteiger partial charge in [0.05, 0.1) is 17.3 Å². The first-order chi connectivity index (χ1) is 9.83. The monoisotopic (exact) mass is 374 g/mol. The number of nitrogens with two attached hydrogens (primary N) is 1. The van der Waals surface area contributed by atoms with E-state index in [4.69, 9.17) is 10.5 Å². The van der Waals surface area contributed by atoms with E-state index >= 15 is 0 Å². The van der Waals surface area contributed by atoms with Crippen molar-refractivity contribution in [1.82, 2.24) is 0 Å². The summed E-state index contributed by atoms with van der Waals surface area (Å²) in [6.45, 7) is 0. The predicted octanol–water partition coefficient (Wildman–Crippen LogP) is 2.98. The summed E-state index contributed by atoms with van der Waals surface area (Å²) in [7, 11) is -2.64. The molecule has 8 heteroatoms. The Bertz CT molecular complexity index is 781. The summed E-state index contributed by atoms with van der Waals surface area (Å²) in [5.41, 5.74) is 5.95. The molecule has 0 heterocycles. The molecule has 0 spiro atoms. The maximum absolute atomic E-state index is 14.0. The molecule has 3 N–H and O–H groups in total. The average Bonchev–Trinajstić information content (AvgIpc) is 2.42. The van der Waals surface area contributed by atoms with Gasteiger partial charge in [0.1, 0.15) is 10.6 Å². The van der Waals surface area contributed by atoms with Crippen molar-refractivity contribution in [1.29, 1.82) is 0 Å². The number of hydrogen-bond donors (Lipinski definition) is 2. The molecule has 2 aromatic carbocycles. The van der Waals surface area contributed by atoms with Crippen molar-refractivity contribution in [2.45, 2.75) is 4.90 Å². The number of anilines is 2. The number of nitrogen functional groups attached to an aromatic ring is 1. The lowest BCUT2D eigenvalue weighted by molar-refractivity contribution is 0.415. The normalized spacial score (nSPS) is 11.2. The van der Waals surface area contributed by atoms with E-state index in [1.165, 1.54) is 25.3 Å². The van der Waals surface area contributed by atoms with Gasteiger partial charge in [0.15, 0.2) is 5.82 Å². The number of methoxy groups -OCH3 is 1. The predicted molar refractivity (Wildman–Crippen MR) is 82.3 cm³/mol. The standard InChI is InChI=1S/C13H12BrFN2O3S/c1-20-10-4-2-3-9(7-10)17-21(18,19)12-6-8(16)5-11(14)13(12)15/h2-7,17H,16H2,1H3. The van der Waals surface area contributed by atoms with E-state index in [1.54, 1.807) is 12.1 Å². The van der Waals surface area contributed by atoms with Crippen LogP contribution in [-0.2, 0) is 10.0 Å². The third-order valence-corrected chi connectivity index (χ3v) is 4.59. The van der Waals surface area contributed by atoms with Crippen LogP contribution in [0.1, 0.15) is 0 Å². The van der Waals surface area contributed by atoms with Gasteiger partial charge in [0, 0.05) is 11.8 Å². The summed E-state index contributed by atoms with van der Waals surface area (Å²) in [5, 5.41) is 0. The van der Waals surface area contributed by atoms with Crippen molar-refractivity contribution in [2.75, 3.05) is 17.6 Å². The van der Waals surface area contributed by atoms with E-state index in [-0.39, 0.29) is 15.8 Å². The quantitative estimate of drug-likeness (QED) is 0.806. The first kappa shape index (κ1) is 15.6. The summed E-state index contributed by atoms with van der Waals surface area (Å²) in [6.07, 6.45) is 0.